The number of nitrogens with zero attached hydrogens (tertiary/aromatic N) is 3. The SMILES string of the molecule is CN1CCN(Cc2ccc(C3(C=O)CC3)nc2C=O)C(=O)C1. The molecule has 1 aromatic rings. The molecule has 2 fully saturated rings. The number of aromatic nitrogens is 1. The van der Waals surface area contributed by atoms with Gasteiger partial charge in [0.1, 0.15) is 12.0 Å². The first-order valence-electron chi connectivity index (χ1n) is 7.46. The molecule has 1 amide bonds. The molecule has 2 aliphatic rings. The van der Waals surface area contributed by atoms with Crippen molar-refractivity contribution in [3.05, 3.63) is 29.1 Å². The molecule has 2 heterocycles. The number of amides is 1. The largest absolute Gasteiger partial charge is 0.336 e. The molecule has 0 spiro atoms. The molecule has 1 aromatic heterocycles. The van der Waals surface area contributed by atoms with E-state index in [0.29, 0.717) is 37.3 Å². The van der Waals surface area contributed by atoms with E-state index in [-0.39, 0.29) is 5.91 Å². The molecule has 116 valence electrons. The van der Waals surface area contributed by atoms with E-state index in [0.717, 1.165) is 31.2 Å². The van der Waals surface area contributed by atoms with Gasteiger partial charge in [0, 0.05) is 25.2 Å². The Morgan fingerprint density at radius 1 is 1.27 bits per heavy atom. The third-order valence-electron chi connectivity index (χ3n) is 4.52. The van der Waals surface area contributed by atoms with Gasteiger partial charge in [0.25, 0.3) is 0 Å². The maximum atomic E-state index is 12.0. The predicted octanol–water partition coefficient (Wildman–Crippen LogP) is 0.399. The van der Waals surface area contributed by atoms with Crippen LogP contribution >= 0.6 is 0 Å². The Balaban J connectivity index is 1.81. The summed E-state index contributed by atoms with van der Waals surface area (Å²) in [5.74, 6) is 0.0567. The fourth-order valence-corrected chi connectivity index (χ4v) is 2.78. The minimum atomic E-state index is -0.486. The summed E-state index contributed by atoms with van der Waals surface area (Å²) in [7, 11) is 1.91. The van der Waals surface area contributed by atoms with Crippen molar-refractivity contribution < 1.29 is 14.4 Å². The van der Waals surface area contributed by atoms with E-state index in [9.17, 15) is 14.4 Å². The molecule has 0 bridgehead atoms. The summed E-state index contributed by atoms with van der Waals surface area (Å²) in [6.45, 7) is 2.26. The van der Waals surface area contributed by atoms with E-state index in [4.69, 9.17) is 0 Å². The first kappa shape index (κ1) is 14.8. The van der Waals surface area contributed by atoms with Gasteiger partial charge in [-0.2, -0.15) is 0 Å². The number of rotatable bonds is 5. The summed E-state index contributed by atoms with van der Waals surface area (Å²) in [6.07, 6.45) is 3.21. The van der Waals surface area contributed by atoms with Gasteiger partial charge in [-0.25, -0.2) is 4.98 Å². The average molecular weight is 301 g/mol. The molecular formula is C16H19N3O3. The van der Waals surface area contributed by atoms with Gasteiger partial charge in [-0.15, -0.1) is 0 Å². The number of likely N-dealkylation sites (N-methyl/N-ethyl adjacent to an activating group) is 1. The van der Waals surface area contributed by atoms with E-state index in [1.165, 1.54) is 0 Å². The molecule has 1 aliphatic carbocycles. The summed E-state index contributed by atoms with van der Waals surface area (Å²) >= 11 is 0. The van der Waals surface area contributed by atoms with Crippen LogP contribution in [0.15, 0.2) is 12.1 Å². The number of pyridine rings is 1. The van der Waals surface area contributed by atoms with Crippen LogP contribution in [0.1, 0.15) is 34.6 Å². The number of piperazine rings is 1. The second-order valence-electron chi connectivity index (χ2n) is 6.19. The summed E-state index contributed by atoms with van der Waals surface area (Å²) in [4.78, 5) is 42.6. The van der Waals surface area contributed by atoms with Crippen molar-refractivity contribution >= 4 is 18.5 Å². The average Bonchev–Trinajstić information content (AvgIpc) is 3.31. The van der Waals surface area contributed by atoms with Crippen molar-refractivity contribution in [3.8, 4) is 0 Å². The summed E-state index contributed by atoms with van der Waals surface area (Å²) < 4.78 is 0. The van der Waals surface area contributed by atoms with Crippen LogP contribution in [0.3, 0.4) is 0 Å². The summed E-state index contributed by atoms with van der Waals surface area (Å²) in [5, 5.41) is 0. The molecule has 0 atom stereocenters. The van der Waals surface area contributed by atoms with Crippen LogP contribution in [0, 0.1) is 0 Å². The fourth-order valence-electron chi connectivity index (χ4n) is 2.78. The summed E-state index contributed by atoms with van der Waals surface area (Å²) in [5.41, 5.74) is 1.24. The van der Waals surface area contributed by atoms with Gasteiger partial charge >= 0.3 is 0 Å². The Kier molecular flexibility index (Phi) is 3.78. The quantitative estimate of drug-likeness (QED) is 0.736. The number of aldehydes is 2. The highest BCUT2D eigenvalue weighted by Crippen LogP contribution is 2.45. The Morgan fingerprint density at radius 3 is 2.64 bits per heavy atom. The molecular weight excluding hydrogens is 282 g/mol. The van der Waals surface area contributed by atoms with Gasteiger partial charge in [-0.1, -0.05) is 6.07 Å². The van der Waals surface area contributed by atoms with Crippen molar-refractivity contribution in [1.29, 1.82) is 0 Å². The van der Waals surface area contributed by atoms with Crippen molar-refractivity contribution in [2.75, 3.05) is 26.7 Å². The van der Waals surface area contributed by atoms with Gasteiger partial charge < -0.3 is 9.69 Å². The lowest BCUT2D eigenvalue weighted by Crippen LogP contribution is -2.48. The molecule has 6 heteroatoms. The first-order chi connectivity index (χ1) is 10.6. The molecule has 1 saturated carbocycles. The molecule has 22 heavy (non-hydrogen) atoms. The monoisotopic (exact) mass is 301 g/mol. The highest BCUT2D eigenvalue weighted by molar-refractivity contribution is 5.80. The van der Waals surface area contributed by atoms with Crippen LogP contribution in [-0.4, -0.2) is 59.9 Å². The Hall–Kier alpha value is -2.08. The van der Waals surface area contributed by atoms with Gasteiger partial charge in [-0.3, -0.25) is 14.5 Å². The third-order valence-corrected chi connectivity index (χ3v) is 4.52. The fraction of sp³-hybridized carbons (Fsp3) is 0.500. The highest BCUT2D eigenvalue weighted by Gasteiger charge is 2.45. The minimum Gasteiger partial charge on any atom is -0.336 e. The summed E-state index contributed by atoms with van der Waals surface area (Å²) in [6, 6.07) is 3.63. The number of hydrogen-bond acceptors (Lipinski definition) is 5. The zero-order chi connectivity index (χ0) is 15.7. The van der Waals surface area contributed by atoms with E-state index in [1.54, 1.807) is 4.90 Å². The van der Waals surface area contributed by atoms with Crippen LogP contribution in [0.25, 0.3) is 0 Å². The lowest BCUT2D eigenvalue weighted by atomic mass is 10.0. The van der Waals surface area contributed by atoms with Crippen molar-refractivity contribution in [2.45, 2.75) is 24.8 Å². The molecule has 0 unspecified atom stereocenters. The molecule has 1 aliphatic heterocycles. The van der Waals surface area contributed by atoms with Gasteiger partial charge in [0.05, 0.1) is 17.7 Å². The van der Waals surface area contributed by atoms with Gasteiger partial charge in [-0.05, 0) is 26.0 Å². The maximum absolute atomic E-state index is 12.0. The molecule has 0 aromatic carbocycles. The van der Waals surface area contributed by atoms with Crippen LogP contribution in [0.2, 0.25) is 0 Å². The normalized spacial score (nSPS) is 20.8. The minimum absolute atomic E-state index is 0.0567. The Morgan fingerprint density at radius 2 is 2.05 bits per heavy atom. The maximum Gasteiger partial charge on any atom is 0.237 e. The molecule has 1 saturated heterocycles. The first-order valence-corrected chi connectivity index (χ1v) is 7.46. The molecule has 0 N–H and O–H groups in total. The molecule has 3 rings (SSSR count). The van der Waals surface area contributed by atoms with Gasteiger partial charge in [0.15, 0.2) is 6.29 Å². The van der Waals surface area contributed by atoms with Crippen molar-refractivity contribution in [1.82, 2.24) is 14.8 Å². The van der Waals surface area contributed by atoms with Gasteiger partial charge in [0.2, 0.25) is 5.91 Å². The number of carbonyl (C=O) groups excluding carboxylic acids is 3. The van der Waals surface area contributed by atoms with Crippen molar-refractivity contribution in [3.63, 3.8) is 0 Å². The van der Waals surface area contributed by atoms with Crippen LogP contribution in [0.4, 0.5) is 0 Å². The lowest BCUT2D eigenvalue weighted by molar-refractivity contribution is -0.136. The van der Waals surface area contributed by atoms with E-state index < -0.39 is 5.41 Å². The lowest BCUT2D eigenvalue weighted by Gasteiger charge is -2.32. The van der Waals surface area contributed by atoms with E-state index in [2.05, 4.69) is 4.98 Å². The highest BCUT2D eigenvalue weighted by atomic mass is 16.2. The zero-order valence-electron chi connectivity index (χ0n) is 12.6. The molecule has 0 radical (unpaired) electrons. The molecule has 6 nitrogen and oxygen atoms in total. The van der Waals surface area contributed by atoms with Crippen LogP contribution in [-0.2, 0) is 21.5 Å². The predicted molar refractivity (Wildman–Crippen MR) is 79.5 cm³/mol. The van der Waals surface area contributed by atoms with E-state index >= 15 is 0 Å². The van der Waals surface area contributed by atoms with E-state index in [1.807, 2.05) is 24.1 Å². The zero-order valence-corrected chi connectivity index (χ0v) is 12.6. The Bertz CT molecular complexity index is 625. The van der Waals surface area contributed by atoms with Crippen molar-refractivity contribution in [2.24, 2.45) is 0 Å². The standard InChI is InChI=1S/C16H19N3O3/c1-18-6-7-19(15(22)9-18)8-12-2-3-14(17-13(12)10-20)16(11-21)4-5-16/h2-3,10-11H,4-9H2,1H3. The number of hydrogen-bond donors (Lipinski definition) is 0. The second-order valence-corrected chi connectivity index (χ2v) is 6.19. The Labute approximate surface area is 129 Å². The smallest absolute Gasteiger partial charge is 0.237 e. The van der Waals surface area contributed by atoms with Crippen LogP contribution in [0.5, 0.6) is 0 Å². The topological polar surface area (TPSA) is 70.6 Å². The third kappa shape index (κ3) is 2.66. The van der Waals surface area contributed by atoms with Crippen LogP contribution < -0.4 is 0 Å². The second kappa shape index (κ2) is 5.61. The number of carbonyl (C=O) groups is 3.